The molecule has 0 radical (unpaired) electrons. The van der Waals surface area contributed by atoms with Gasteiger partial charge in [0.1, 0.15) is 0 Å². The minimum Gasteiger partial charge on any atom is -0.480 e. The van der Waals surface area contributed by atoms with Crippen molar-refractivity contribution in [3.05, 3.63) is 45.3 Å². The van der Waals surface area contributed by atoms with Crippen LogP contribution in [0.2, 0.25) is 0 Å². The molecule has 0 aliphatic carbocycles. The number of allylic oxidation sites excluding steroid dienone is 1. The first kappa shape index (κ1) is 12.0. The third-order valence-electron chi connectivity index (χ3n) is 2.93. The molecule has 3 rings (SSSR count). The number of carbonyl (C=O) groups is 1. The number of thioether (sulfide) groups is 1. The van der Waals surface area contributed by atoms with Crippen LogP contribution in [0.5, 0.6) is 0 Å². The molecule has 0 fully saturated rings. The molecule has 0 bridgehead atoms. The first-order chi connectivity index (χ1) is 8.74. The highest BCUT2D eigenvalue weighted by molar-refractivity contribution is 8.04. The highest BCUT2D eigenvalue weighted by atomic mass is 32.2. The Morgan fingerprint density at radius 1 is 1.28 bits per heavy atom. The standard InChI is InChI=1S/C13H10O2S3/c14-12(15)13(5-2-7-18-13)11-9(4-8-17-11)10-3-1-6-16-10/h1-4,6-8H,5H2,(H,14,15). The van der Waals surface area contributed by atoms with Gasteiger partial charge < -0.3 is 5.11 Å². The van der Waals surface area contributed by atoms with Crippen molar-refractivity contribution >= 4 is 40.4 Å². The Hall–Kier alpha value is -1.04. The van der Waals surface area contributed by atoms with E-state index >= 15 is 0 Å². The van der Waals surface area contributed by atoms with Crippen molar-refractivity contribution in [1.29, 1.82) is 0 Å². The number of rotatable bonds is 3. The van der Waals surface area contributed by atoms with Gasteiger partial charge in [0.2, 0.25) is 0 Å². The average Bonchev–Trinajstić information content (AvgIpc) is 3.11. The quantitative estimate of drug-likeness (QED) is 0.911. The second-order valence-electron chi connectivity index (χ2n) is 3.97. The van der Waals surface area contributed by atoms with Gasteiger partial charge in [0.05, 0.1) is 0 Å². The van der Waals surface area contributed by atoms with Crippen LogP contribution < -0.4 is 0 Å². The Balaban J connectivity index is 2.12. The van der Waals surface area contributed by atoms with Crippen molar-refractivity contribution < 1.29 is 9.90 Å². The van der Waals surface area contributed by atoms with E-state index in [1.165, 1.54) is 23.1 Å². The molecule has 5 heteroatoms. The largest absolute Gasteiger partial charge is 0.480 e. The van der Waals surface area contributed by atoms with Crippen LogP contribution in [0, 0.1) is 0 Å². The Bertz CT molecular complexity index is 588. The van der Waals surface area contributed by atoms with Crippen LogP contribution in [0.4, 0.5) is 0 Å². The highest BCUT2D eigenvalue weighted by Crippen LogP contribution is 2.51. The molecule has 18 heavy (non-hydrogen) atoms. The molecule has 1 aliphatic heterocycles. The maximum Gasteiger partial charge on any atom is 0.325 e. The van der Waals surface area contributed by atoms with Crippen LogP contribution in [-0.2, 0) is 9.54 Å². The summed E-state index contributed by atoms with van der Waals surface area (Å²) in [6, 6.07) is 6.06. The van der Waals surface area contributed by atoms with E-state index in [1.807, 2.05) is 40.4 Å². The van der Waals surface area contributed by atoms with Gasteiger partial charge >= 0.3 is 5.97 Å². The lowest BCUT2D eigenvalue weighted by molar-refractivity contribution is -0.139. The zero-order chi connectivity index (χ0) is 12.6. The lowest BCUT2D eigenvalue weighted by Crippen LogP contribution is -2.29. The second kappa shape index (κ2) is 4.57. The lowest BCUT2D eigenvalue weighted by atomic mass is 9.99. The van der Waals surface area contributed by atoms with E-state index in [2.05, 4.69) is 0 Å². The molecule has 3 heterocycles. The zero-order valence-corrected chi connectivity index (χ0v) is 11.8. The Kier molecular flexibility index (Phi) is 3.05. The predicted octanol–water partition coefficient (Wildman–Crippen LogP) is 4.41. The van der Waals surface area contributed by atoms with Crippen LogP contribution in [-0.4, -0.2) is 11.1 Å². The lowest BCUT2D eigenvalue weighted by Gasteiger charge is -2.23. The molecule has 0 saturated heterocycles. The molecule has 1 atom stereocenters. The number of thiophene rings is 2. The van der Waals surface area contributed by atoms with Gasteiger partial charge in [-0.2, -0.15) is 0 Å². The molecule has 1 unspecified atom stereocenters. The number of hydrogen-bond acceptors (Lipinski definition) is 4. The van der Waals surface area contributed by atoms with Crippen LogP contribution >= 0.6 is 34.4 Å². The molecule has 2 nitrogen and oxygen atoms in total. The molecule has 92 valence electrons. The third-order valence-corrected chi connectivity index (χ3v) is 6.32. The van der Waals surface area contributed by atoms with Crippen molar-refractivity contribution in [2.45, 2.75) is 11.2 Å². The van der Waals surface area contributed by atoms with E-state index < -0.39 is 10.7 Å². The molecular weight excluding hydrogens is 284 g/mol. The molecule has 2 aromatic heterocycles. The molecule has 2 aromatic rings. The van der Waals surface area contributed by atoms with Gasteiger partial charge in [-0.3, -0.25) is 4.79 Å². The smallest absolute Gasteiger partial charge is 0.325 e. The van der Waals surface area contributed by atoms with Gasteiger partial charge in [-0.05, 0) is 34.7 Å². The van der Waals surface area contributed by atoms with Crippen LogP contribution in [0.1, 0.15) is 11.3 Å². The Labute approximate surface area is 117 Å². The van der Waals surface area contributed by atoms with E-state index in [9.17, 15) is 9.90 Å². The van der Waals surface area contributed by atoms with Crippen molar-refractivity contribution in [2.24, 2.45) is 0 Å². The minimum atomic E-state index is -0.826. The van der Waals surface area contributed by atoms with Gasteiger partial charge in [-0.15, -0.1) is 34.4 Å². The van der Waals surface area contributed by atoms with Crippen molar-refractivity contribution in [1.82, 2.24) is 0 Å². The normalized spacial score (nSPS) is 22.4. The fourth-order valence-corrected chi connectivity index (χ4v) is 5.11. The van der Waals surface area contributed by atoms with Gasteiger partial charge in [-0.1, -0.05) is 12.1 Å². The summed E-state index contributed by atoms with van der Waals surface area (Å²) in [6.07, 6.45) is 2.50. The van der Waals surface area contributed by atoms with E-state index in [1.54, 1.807) is 11.3 Å². The summed E-state index contributed by atoms with van der Waals surface area (Å²) in [5.41, 5.74) is 1.06. The first-order valence-corrected chi connectivity index (χ1v) is 8.06. The molecule has 1 aliphatic rings. The summed E-state index contributed by atoms with van der Waals surface area (Å²) in [4.78, 5) is 13.8. The number of carboxylic acids is 1. The van der Waals surface area contributed by atoms with Gasteiger partial charge in [0, 0.05) is 15.3 Å². The zero-order valence-electron chi connectivity index (χ0n) is 9.33. The summed E-state index contributed by atoms with van der Waals surface area (Å²) in [5.74, 6) is -0.752. The summed E-state index contributed by atoms with van der Waals surface area (Å²) in [6.45, 7) is 0. The van der Waals surface area contributed by atoms with Gasteiger partial charge in [-0.25, -0.2) is 0 Å². The maximum absolute atomic E-state index is 11.7. The van der Waals surface area contributed by atoms with E-state index in [4.69, 9.17) is 0 Å². The van der Waals surface area contributed by atoms with Gasteiger partial charge in [0.15, 0.2) is 4.75 Å². The van der Waals surface area contributed by atoms with Crippen LogP contribution in [0.3, 0.4) is 0 Å². The number of hydrogen-bond donors (Lipinski definition) is 1. The van der Waals surface area contributed by atoms with E-state index in [-0.39, 0.29) is 0 Å². The summed E-state index contributed by atoms with van der Waals surface area (Å²) in [7, 11) is 0. The first-order valence-electron chi connectivity index (χ1n) is 5.42. The minimum absolute atomic E-state index is 0.561. The second-order valence-corrected chi connectivity index (χ2v) is 7.04. The monoisotopic (exact) mass is 294 g/mol. The number of carboxylic acid groups (broad SMARTS) is 1. The predicted molar refractivity (Wildman–Crippen MR) is 78.3 cm³/mol. The van der Waals surface area contributed by atoms with Crippen molar-refractivity contribution in [2.75, 3.05) is 0 Å². The highest BCUT2D eigenvalue weighted by Gasteiger charge is 2.44. The third kappa shape index (κ3) is 1.74. The Morgan fingerprint density at radius 3 is 2.78 bits per heavy atom. The molecule has 0 aromatic carbocycles. The SMILES string of the molecule is O=C(O)C1(c2sccc2-c2cccs2)CC=CS1. The summed E-state index contributed by atoms with van der Waals surface area (Å²) >= 11 is 4.59. The van der Waals surface area contributed by atoms with Crippen molar-refractivity contribution in [3.8, 4) is 10.4 Å². The summed E-state index contributed by atoms with van der Waals surface area (Å²) in [5, 5.41) is 15.5. The average molecular weight is 294 g/mol. The van der Waals surface area contributed by atoms with Crippen molar-refractivity contribution in [3.63, 3.8) is 0 Å². The fourth-order valence-electron chi connectivity index (χ4n) is 2.06. The van der Waals surface area contributed by atoms with E-state index in [0.717, 1.165) is 15.3 Å². The maximum atomic E-state index is 11.7. The molecular formula is C13H10O2S3. The van der Waals surface area contributed by atoms with Crippen LogP contribution in [0.25, 0.3) is 10.4 Å². The summed E-state index contributed by atoms with van der Waals surface area (Å²) < 4.78 is -0.826. The van der Waals surface area contributed by atoms with Gasteiger partial charge in [0.25, 0.3) is 0 Å². The molecule has 0 spiro atoms. The van der Waals surface area contributed by atoms with E-state index in [0.29, 0.717) is 6.42 Å². The topological polar surface area (TPSA) is 37.3 Å². The molecule has 0 saturated carbocycles. The fraction of sp³-hybridized carbons (Fsp3) is 0.154. The molecule has 1 N–H and O–H groups in total. The van der Waals surface area contributed by atoms with Crippen LogP contribution in [0.15, 0.2) is 40.4 Å². The Morgan fingerprint density at radius 2 is 2.17 bits per heavy atom. The number of aliphatic carboxylic acids is 1. The molecule has 0 amide bonds.